The first-order valence-corrected chi connectivity index (χ1v) is 11.2. The van der Waals surface area contributed by atoms with E-state index in [9.17, 15) is 24.0 Å². The number of rotatable bonds is 7. The summed E-state index contributed by atoms with van der Waals surface area (Å²) in [6.45, 7) is 4.88. The van der Waals surface area contributed by atoms with Crippen molar-refractivity contribution in [1.82, 2.24) is 15.1 Å². The molecule has 182 valence electrons. The highest BCUT2D eigenvalue weighted by Crippen LogP contribution is 2.30. The summed E-state index contributed by atoms with van der Waals surface area (Å²) in [7, 11) is 0. The van der Waals surface area contributed by atoms with Crippen LogP contribution in [0.15, 0.2) is 66.9 Å². The van der Waals surface area contributed by atoms with E-state index in [1.54, 1.807) is 74.5 Å². The van der Waals surface area contributed by atoms with Crippen molar-refractivity contribution in [3.05, 3.63) is 78.0 Å². The SMILES string of the molecule is CC(=O)N1C=C(c2ccccc2)N(C(=O)N[C@@H](Cc2ccccc2)C(=O)C(N)=O)C(=O)[C@@H]1C(C)C. The van der Waals surface area contributed by atoms with E-state index in [2.05, 4.69) is 5.32 Å². The zero-order valence-electron chi connectivity index (χ0n) is 19.8. The Balaban J connectivity index is 2.03. The molecular weight excluding hydrogens is 448 g/mol. The normalized spacial score (nSPS) is 16.5. The third kappa shape index (κ3) is 5.63. The van der Waals surface area contributed by atoms with E-state index in [1.165, 1.54) is 18.0 Å². The predicted molar refractivity (Wildman–Crippen MR) is 129 cm³/mol. The Bertz CT molecular complexity index is 1160. The van der Waals surface area contributed by atoms with Crippen LogP contribution < -0.4 is 11.1 Å². The lowest BCUT2D eigenvalue weighted by Crippen LogP contribution is -2.59. The number of benzene rings is 2. The van der Waals surface area contributed by atoms with Crippen molar-refractivity contribution in [2.45, 2.75) is 39.3 Å². The Hall–Kier alpha value is -4.27. The Morgan fingerprint density at radius 1 is 0.971 bits per heavy atom. The second kappa shape index (κ2) is 10.8. The molecule has 1 aliphatic heterocycles. The van der Waals surface area contributed by atoms with E-state index in [-0.39, 0.29) is 23.9 Å². The lowest BCUT2D eigenvalue weighted by molar-refractivity contribution is -0.141. The number of nitrogens with one attached hydrogen (secondary N) is 1. The first kappa shape index (κ1) is 25.4. The first-order chi connectivity index (χ1) is 16.6. The van der Waals surface area contributed by atoms with E-state index in [0.717, 1.165) is 4.90 Å². The summed E-state index contributed by atoms with van der Waals surface area (Å²) in [6.07, 6.45) is 1.47. The van der Waals surface area contributed by atoms with Gasteiger partial charge in [0.15, 0.2) is 0 Å². The van der Waals surface area contributed by atoms with Gasteiger partial charge in [-0.25, -0.2) is 9.69 Å². The van der Waals surface area contributed by atoms with Gasteiger partial charge in [0.1, 0.15) is 12.1 Å². The van der Waals surface area contributed by atoms with E-state index >= 15 is 0 Å². The number of amides is 5. The molecule has 1 heterocycles. The lowest BCUT2D eigenvalue weighted by Gasteiger charge is -2.40. The minimum absolute atomic E-state index is 0.00789. The Morgan fingerprint density at radius 2 is 1.54 bits per heavy atom. The maximum absolute atomic E-state index is 13.6. The molecule has 0 aromatic heterocycles. The molecule has 3 rings (SSSR count). The highest BCUT2D eigenvalue weighted by atomic mass is 16.2. The highest BCUT2D eigenvalue weighted by molar-refractivity contribution is 6.38. The average molecular weight is 477 g/mol. The number of carbonyl (C=O) groups is 5. The van der Waals surface area contributed by atoms with Gasteiger partial charge in [0.05, 0.1) is 5.70 Å². The molecule has 2 aromatic rings. The van der Waals surface area contributed by atoms with Crippen LogP contribution in [0.3, 0.4) is 0 Å². The van der Waals surface area contributed by atoms with Crippen LogP contribution in [0.2, 0.25) is 0 Å². The minimum Gasteiger partial charge on any atom is -0.363 e. The summed E-state index contributed by atoms with van der Waals surface area (Å²) < 4.78 is 0. The molecule has 0 saturated carbocycles. The topological polar surface area (TPSA) is 130 Å². The van der Waals surface area contributed by atoms with Crippen LogP contribution in [0.1, 0.15) is 31.9 Å². The van der Waals surface area contributed by atoms with Crippen LogP contribution in [0.4, 0.5) is 4.79 Å². The second-order valence-electron chi connectivity index (χ2n) is 8.59. The van der Waals surface area contributed by atoms with Gasteiger partial charge in [0.25, 0.3) is 11.8 Å². The fraction of sp³-hybridized carbons (Fsp3) is 0.269. The number of nitrogens with zero attached hydrogens (tertiary/aromatic N) is 2. The van der Waals surface area contributed by atoms with Crippen molar-refractivity contribution in [2.24, 2.45) is 11.7 Å². The lowest BCUT2D eigenvalue weighted by atomic mass is 9.97. The molecule has 9 nitrogen and oxygen atoms in total. The van der Waals surface area contributed by atoms with Crippen molar-refractivity contribution in [1.29, 1.82) is 0 Å². The van der Waals surface area contributed by atoms with Gasteiger partial charge in [-0.1, -0.05) is 74.5 Å². The van der Waals surface area contributed by atoms with Crippen molar-refractivity contribution >= 4 is 35.2 Å². The highest BCUT2D eigenvalue weighted by Gasteiger charge is 2.43. The van der Waals surface area contributed by atoms with Gasteiger partial charge < -0.3 is 16.0 Å². The fourth-order valence-electron chi connectivity index (χ4n) is 4.00. The number of hydrogen-bond donors (Lipinski definition) is 2. The monoisotopic (exact) mass is 476 g/mol. The molecule has 0 unspecified atom stereocenters. The fourth-order valence-corrected chi connectivity index (χ4v) is 4.00. The molecule has 0 radical (unpaired) electrons. The third-order valence-electron chi connectivity index (χ3n) is 5.68. The Kier molecular flexibility index (Phi) is 7.80. The van der Waals surface area contributed by atoms with Crippen LogP contribution in [0.5, 0.6) is 0 Å². The Labute approximate surface area is 203 Å². The minimum atomic E-state index is -1.28. The van der Waals surface area contributed by atoms with E-state index in [4.69, 9.17) is 5.73 Å². The third-order valence-corrected chi connectivity index (χ3v) is 5.68. The first-order valence-electron chi connectivity index (χ1n) is 11.2. The van der Waals surface area contributed by atoms with Crippen LogP contribution in [0, 0.1) is 5.92 Å². The number of imide groups is 1. The van der Waals surface area contributed by atoms with Crippen LogP contribution in [0.25, 0.3) is 5.70 Å². The predicted octanol–water partition coefficient (Wildman–Crippen LogP) is 2.08. The number of nitrogens with two attached hydrogens (primary N) is 1. The van der Waals surface area contributed by atoms with Crippen LogP contribution >= 0.6 is 0 Å². The largest absolute Gasteiger partial charge is 0.363 e. The smallest absolute Gasteiger partial charge is 0.329 e. The number of carbonyl (C=O) groups excluding carboxylic acids is 5. The molecule has 0 bridgehead atoms. The molecule has 35 heavy (non-hydrogen) atoms. The van der Waals surface area contributed by atoms with Crippen molar-refractivity contribution in [3.8, 4) is 0 Å². The van der Waals surface area contributed by atoms with Crippen LogP contribution in [-0.4, -0.2) is 51.4 Å². The zero-order valence-corrected chi connectivity index (χ0v) is 19.8. The average Bonchev–Trinajstić information content (AvgIpc) is 2.83. The molecule has 2 atom stereocenters. The van der Waals surface area contributed by atoms with Gasteiger partial charge in [0.2, 0.25) is 11.7 Å². The Morgan fingerprint density at radius 3 is 2.06 bits per heavy atom. The quantitative estimate of drug-likeness (QED) is 0.591. The van der Waals surface area contributed by atoms with Gasteiger partial charge in [-0.3, -0.25) is 19.2 Å². The molecule has 0 spiro atoms. The molecule has 0 aliphatic carbocycles. The summed E-state index contributed by atoms with van der Waals surface area (Å²) in [5.41, 5.74) is 6.61. The van der Waals surface area contributed by atoms with Gasteiger partial charge in [-0.05, 0) is 11.5 Å². The van der Waals surface area contributed by atoms with Crippen molar-refractivity contribution in [3.63, 3.8) is 0 Å². The molecule has 1 aliphatic rings. The number of urea groups is 1. The maximum atomic E-state index is 13.6. The standard InChI is InChI=1S/C26H28N4O5/c1-16(2)22-25(34)30(21(15-29(22)17(3)31)19-12-8-5-9-13-19)26(35)28-20(23(32)24(27)33)14-18-10-6-4-7-11-18/h4-13,15-16,20,22H,14H2,1-3H3,(H2,27,33)(H,28,35)/t20-,22-/m0/s1. The van der Waals surface area contributed by atoms with E-state index in [1.807, 2.05) is 0 Å². The maximum Gasteiger partial charge on any atom is 0.329 e. The van der Waals surface area contributed by atoms with Crippen LogP contribution in [-0.2, 0) is 25.6 Å². The van der Waals surface area contributed by atoms with E-state index < -0.39 is 35.7 Å². The summed E-state index contributed by atoms with van der Waals surface area (Å²) >= 11 is 0. The van der Waals surface area contributed by atoms with Gasteiger partial charge >= 0.3 is 6.03 Å². The van der Waals surface area contributed by atoms with Gasteiger partial charge in [-0.15, -0.1) is 0 Å². The summed E-state index contributed by atoms with van der Waals surface area (Å²) in [5, 5.41) is 2.52. The number of primary amides is 1. The summed E-state index contributed by atoms with van der Waals surface area (Å²) in [6, 6.07) is 14.3. The van der Waals surface area contributed by atoms with Gasteiger partial charge in [0, 0.05) is 25.1 Å². The molecule has 5 amide bonds. The molecule has 9 heteroatoms. The van der Waals surface area contributed by atoms with E-state index in [0.29, 0.717) is 11.1 Å². The molecule has 0 saturated heterocycles. The summed E-state index contributed by atoms with van der Waals surface area (Å²) in [5.74, 6) is -3.46. The molecular formula is C26H28N4O5. The second-order valence-corrected chi connectivity index (χ2v) is 8.59. The number of hydrogen-bond acceptors (Lipinski definition) is 5. The number of Topliss-reactive ketones (excluding diaryl/α,β-unsaturated/α-hetero) is 1. The zero-order chi connectivity index (χ0) is 25.7. The summed E-state index contributed by atoms with van der Waals surface area (Å²) in [4.78, 5) is 66.0. The molecule has 3 N–H and O–H groups in total. The van der Waals surface area contributed by atoms with Gasteiger partial charge in [-0.2, -0.15) is 0 Å². The van der Waals surface area contributed by atoms with Crippen molar-refractivity contribution < 1.29 is 24.0 Å². The molecule has 0 fully saturated rings. The number of ketones is 1. The molecule has 2 aromatic carbocycles. The van der Waals surface area contributed by atoms with Crippen molar-refractivity contribution in [2.75, 3.05) is 0 Å².